The number of carboxylic acids is 1. The van der Waals surface area contributed by atoms with Crippen LogP contribution in [0, 0.1) is 11.3 Å². The van der Waals surface area contributed by atoms with Crippen molar-refractivity contribution in [2.45, 2.75) is 27.7 Å². The molecule has 0 aliphatic carbocycles. The first kappa shape index (κ1) is 15.1. The summed E-state index contributed by atoms with van der Waals surface area (Å²) in [6, 6.07) is 2.79. The highest BCUT2D eigenvalue weighted by Gasteiger charge is 2.23. The molecule has 1 aromatic rings. The number of aromatic carboxylic acids is 1. The van der Waals surface area contributed by atoms with Gasteiger partial charge in [0, 0.05) is 12.7 Å². The van der Waals surface area contributed by atoms with Crippen LogP contribution in [0.15, 0.2) is 18.3 Å². The third kappa shape index (κ3) is 4.05. The van der Waals surface area contributed by atoms with E-state index in [0.717, 1.165) is 0 Å². The summed E-state index contributed by atoms with van der Waals surface area (Å²) >= 11 is 0. The van der Waals surface area contributed by atoms with E-state index in [9.17, 15) is 9.59 Å². The predicted molar refractivity (Wildman–Crippen MR) is 72.1 cm³/mol. The van der Waals surface area contributed by atoms with Crippen molar-refractivity contribution in [2.75, 3.05) is 6.54 Å². The Labute approximate surface area is 113 Å². The van der Waals surface area contributed by atoms with E-state index >= 15 is 0 Å². The van der Waals surface area contributed by atoms with Gasteiger partial charge in [0.2, 0.25) is 0 Å². The lowest BCUT2D eigenvalue weighted by molar-refractivity contribution is 0.0695. The van der Waals surface area contributed by atoms with Crippen LogP contribution in [0.3, 0.4) is 0 Å². The van der Waals surface area contributed by atoms with Gasteiger partial charge in [-0.05, 0) is 23.5 Å². The van der Waals surface area contributed by atoms with Crippen LogP contribution in [0.2, 0.25) is 0 Å². The fourth-order valence-corrected chi connectivity index (χ4v) is 1.26. The third-order valence-electron chi connectivity index (χ3n) is 3.51. The number of amides is 1. The Kier molecular flexibility index (Phi) is 4.64. The molecule has 0 radical (unpaired) electrons. The monoisotopic (exact) mass is 264 g/mol. The zero-order chi connectivity index (χ0) is 14.6. The molecular formula is C14H20N2O3. The lowest BCUT2D eigenvalue weighted by Crippen LogP contribution is -2.37. The van der Waals surface area contributed by atoms with Gasteiger partial charge in [-0.1, -0.05) is 27.7 Å². The van der Waals surface area contributed by atoms with Crippen molar-refractivity contribution >= 4 is 11.9 Å². The topological polar surface area (TPSA) is 79.3 Å². The summed E-state index contributed by atoms with van der Waals surface area (Å²) in [6.07, 6.45) is 1.19. The van der Waals surface area contributed by atoms with Crippen LogP contribution >= 0.6 is 0 Å². The Morgan fingerprint density at radius 1 is 1.37 bits per heavy atom. The number of carbonyl (C=O) groups excluding carboxylic acids is 1. The first-order chi connectivity index (χ1) is 8.74. The molecular weight excluding hydrogens is 244 g/mol. The van der Waals surface area contributed by atoms with Gasteiger partial charge in [0.15, 0.2) is 0 Å². The van der Waals surface area contributed by atoms with Gasteiger partial charge in [-0.15, -0.1) is 0 Å². The van der Waals surface area contributed by atoms with Crippen molar-refractivity contribution in [1.82, 2.24) is 10.3 Å². The van der Waals surface area contributed by atoms with E-state index in [1.54, 1.807) is 0 Å². The van der Waals surface area contributed by atoms with E-state index in [0.29, 0.717) is 12.5 Å². The third-order valence-corrected chi connectivity index (χ3v) is 3.51. The maximum atomic E-state index is 11.9. The lowest BCUT2D eigenvalue weighted by atomic mass is 9.81. The molecule has 104 valence electrons. The van der Waals surface area contributed by atoms with Crippen molar-refractivity contribution in [2.24, 2.45) is 11.3 Å². The number of hydrogen-bond donors (Lipinski definition) is 2. The summed E-state index contributed by atoms with van der Waals surface area (Å²) < 4.78 is 0. The maximum Gasteiger partial charge on any atom is 0.337 e. The van der Waals surface area contributed by atoms with Crippen LogP contribution in [0.5, 0.6) is 0 Å². The molecule has 0 saturated carbocycles. The molecule has 2 N–H and O–H groups in total. The highest BCUT2D eigenvalue weighted by Crippen LogP contribution is 2.24. The Bertz CT molecular complexity index is 464. The van der Waals surface area contributed by atoms with Gasteiger partial charge in [-0.2, -0.15) is 0 Å². The van der Waals surface area contributed by atoms with Gasteiger partial charge in [0.25, 0.3) is 5.91 Å². The first-order valence-electron chi connectivity index (χ1n) is 6.21. The second-order valence-electron chi connectivity index (χ2n) is 5.56. The number of aromatic nitrogens is 1. The summed E-state index contributed by atoms with van der Waals surface area (Å²) in [5.41, 5.74) is 0.292. The molecule has 0 aliphatic heterocycles. The number of nitrogens with one attached hydrogen (secondary N) is 1. The number of carboxylic acid groups (broad SMARTS) is 1. The van der Waals surface area contributed by atoms with E-state index in [1.807, 2.05) is 0 Å². The minimum Gasteiger partial charge on any atom is -0.478 e. The molecule has 1 amide bonds. The number of nitrogens with zero attached hydrogens (tertiary/aromatic N) is 1. The van der Waals surface area contributed by atoms with Gasteiger partial charge < -0.3 is 10.4 Å². The van der Waals surface area contributed by atoms with E-state index in [1.165, 1.54) is 18.3 Å². The largest absolute Gasteiger partial charge is 0.478 e. The van der Waals surface area contributed by atoms with Crippen molar-refractivity contribution in [1.29, 1.82) is 0 Å². The molecule has 5 nitrogen and oxygen atoms in total. The average Bonchev–Trinajstić information content (AvgIpc) is 2.36. The molecule has 19 heavy (non-hydrogen) atoms. The minimum atomic E-state index is -1.06. The summed E-state index contributed by atoms with van der Waals surface area (Å²) in [5.74, 6) is -0.902. The second kappa shape index (κ2) is 5.82. The number of carbonyl (C=O) groups is 2. The van der Waals surface area contributed by atoms with Crippen LogP contribution in [0.1, 0.15) is 48.5 Å². The molecule has 1 rings (SSSR count). The number of hydrogen-bond acceptors (Lipinski definition) is 3. The molecule has 0 spiro atoms. The standard InChI is InChI=1S/C14H20N2O3/c1-9(2)14(3,4)8-16-12(17)11-6-5-10(7-15-11)13(18)19/h5-7,9H,8H2,1-4H3,(H,16,17)(H,18,19). The fraction of sp³-hybridized carbons (Fsp3) is 0.500. The molecule has 0 unspecified atom stereocenters. The van der Waals surface area contributed by atoms with Gasteiger partial charge in [-0.3, -0.25) is 9.78 Å². The van der Waals surface area contributed by atoms with Crippen molar-refractivity contribution in [3.63, 3.8) is 0 Å². The summed E-state index contributed by atoms with van der Waals surface area (Å²) in [7, 11) is 0. The first-order valence-corrected chi connectivity index (χ1v) is 6.21. The highest BCUT2D eigenvalue weighted by molar-refractivity contribution is 5.93. The molecule has 5 heteroatoms. The predicted octanol–water partition coefficient (Wildman–Crippen LogP) is 2.19. The van der Waals surface area contributed by atoms with Crippen LogP contribution in [0.4, 0.5) is 0 Å². The smallest absolute Gasteiger partial charge is 0.337 e. The second-order valence-corrected chi connectivity index (χ2v) is 5.56. The van der Waals surface area contributed by atoms with Crippen LogP contribution in [-0.2, 0) is 0 Å². The van der Waals surface area contributed by atoms with Crippen LogP contribution < -0.4 is 5.32 Å². The molecule has 0 saturated heterocycles. The summed E-state index contributed by atoms with van der Waals surface area (Å²) in [6.45, 7) is 8.92. The van der Waals surface area contributed by atoms with Gasteiger partial charge in [0.1, 0.15) is 5.69 Å². The SMILES string of the molecule is CC(C)C(C)(C)CNC(=O)c1ccc(C(=O)O)cn1. The maximum absolute atomic E-state index is 11.9. The van der Waals surface area contributed by atoms with E-state index in [-0.39, 0.29) is 22.6 Å². The van der Waals surface area contributed by atoms with Crippen molar-refractivity contribution in [3.05, 3.63) is 29.6 Å². The van der Waals surface area contributed by atoms with Gasteiger partial charge in [-0.25, -0.2) is 4.79 Å². The summed E-state index contributed by atoms with van der Waals surface area (Å²) in [4.78, 5) is 26.4. The zero-order valence-electron chi connectivity index (χ0n) is 11.7. The quantitative estimate of drug-likeness (QED) is 0.854. The highest BCUT2D eigenvalue weighted by atomic mass is 16.4. The Morgan fingerprint density at radius 2 is 2.00 bits per heavy atom. The van der Waals surface area contributed by atoms with Crippen LogP contribution in [-0.4, -0.2) is 28.5 Å². The van der Waals surface area contributed by atoms with Crippen molar-refractivity contribution < 1.29 is 14.7 Å². The zero-order valence-corrected chi connectivity index (χ0v) is 11.7. The Hall–Kier alpha value is -1.91. The molecule has 0 bridgehead atoms. The minimum absolute atomic E-state index is 0.00331. The Balaban J connectivity index is 2.66. The number of rotatable bonds is 5. The molecule has 0 fully saturated rings. The molecule has 1 aromatic heterocycles. The van der Waals surface area contributed by atoms with E-state index < -0.39 is 5.97 Å². The van der Waals surface area contributed by atoms with Crippen molar-refractivity contribution in [3.8, 4) is 0 Å². The number of pyridine rings is 1. The summed E-state index contributed by atoms with van der Waals surface area (Å²) in [5, 5.41) is 11.6. The fourth-order valence-electron chi connectivity index (χ4n) is 1.26. The van der Waals surface area contributed by atoms with E-state index in [2.05, 4.69) is 38.0 Å². The van der Waals surface area contributed by atoms with Gasteiger partial charge >= 0.3 is 5.97 Å². The molecule has 0 aromatic carbocycles. The van der Waals surface area contributed by atoms with Crippen LogP contribution in [0.25, 0.3) is 0 Å². The van der Waals surface area contributed by atoms with Gasteiger partial charge in [0.05, 0.1) is 5.56 Å². The molecule has 0 atom stereocenters. The van der Waals surface area contributed by atoms with E-state index in [4.69, 9.17) is 5.11 Å². The normalized spacial score (nSPS) is 11.4. The Morgan fingerprint density at radius 3 is 2.42 bits per heavy atom. The lowest BCUT2D eigenvalue weighted by Gasteiger charge is -2.29. The average molecular weight is 264 g/mol. The molecule has 0 aliphatic rings. The molecule has 1 heterocycles.